The van der Waals surface area contributed by atoms with E-state index in [9.17, 15) is 9.59 Å². The second-order valence-electron chi connectivity index (χ2n) is 7.04. The summed E-state index contributed by atoms with van der Waals surface area (Å²) in [7, 11) is 0. The molecule has 5 rings (SSSR count). The highest BCUT2D eigenvalue weighted by Crippen LogP contribution is 2.42. The Morgan fingerprint density at radius 3 is 2.23 bits per heavy atom. The number of rotatable bonds is 3. The summed E-state index contributed by atoms with van der Waals surface area (Å²) in [5, 5.41) is 4.88. The van der Waals surface area contributed by atoms with E-state index in [1.165, 1.54) is 0 Å². The van der Waals surface area contributed by atoms with Gasteiger partial charge >= 0.3 is 5.97 Å². The number of para-hydroxylation sites is 1. The first-order chi connectivity index (χ1) is 15.1. The smallest absolute Gasteiger partial charge is 0.312 e. The van der Waals surface area contributed by atoms with Crippen LogP contribution >= 0.6 is 23.2 Å². The van der Waals surface area contributed by atoms with Crippen LogP contribution in [0.3, 0.4) is 0 Å². The van der Waals surface area contributed by atoms with Gasteiger partial charge in [-0.1, -0.05) is 83.0 Å². The molecular weight excluding hydrogens is 435 g/mol. The van der Waals surface area contributed by atoms with Gasteiger partial charge in [-0.3, -0.25) is 4.79 Å². The summed E-state index contributed by atoms with van der Waals surface area (Å²) < 4.78 is 0. The maximum atomic E-state index is 13.6. The third kappa shape index (κ3) is 3.23. The first-order valence-electron chi connectivity index (χ1n) is 9.50. The van der Waals surface area contributed by atoms with E-state index in [4.69, 9.17) is 28.0 Å². The molecule has 0 saturated heterocycles. The summed E-state index contributed by atoms with van der Waals surface area (Å²) in [6.07, 6.45) is 0. The van der Waals surface area contributed by atoms with Crippen molar-refractivity contribution in [2.45, 2.75) is 6.54 Å². The highest BCUT2D eigenvalue weighted by Gasteiger charge is 2.41. The number of fused-ring (bicyclic) bond motifs is 1. The second-order valence-corrected chi connectivity index (χ2v) is 7.86. The Morgan fingerprint density at radius 1 is 0.806 bits per heavy atom. The summed E-state index contributed by atoms with van der Waals surface area (Å²) in [6, 6.07) is 21.6. The molecule has 2 aliphatic rings. The standard InChI is InChI=1S/C24H14Cl2N2O3/c25-17-10-6-11-18(26)16(17)13-28-19-12-5-4-9-15(19)20(23(28)29)21-22(27-31-24(21)30)14-7-2-1-3-8-14/h1-12H,13H2/b21-20-. The van der Waals surface area contributed by atoms with Crippen LogP contribution in [-0.4, -0.2) is 17.6 Å². The summed E-state index contributed by atoms with van der Waals surface area (Å²) >= 11 is 12.7. The largest absolute Gasteiger partial charge is 0.368 e. The molecule has 0 aromatic heterocycles. The predicted octanol–water partition coefficient (Wildman–Crippen LogP) is 5.25. The highest BCUT2D eigenvalue weighted by atomic mass is 35.5. The minimum atomic E-state index is -0.658. The number of hydrogen-bond acceptors (Lipinski definition) is 4. The summed E-state index contributed by atoms with van der Waals surface area (Å²) in [5.74, 6) is -0.996. The van der Waals surface area contributed by atoms with E-state index >= 15 is 0 Å². The van der Waals surface area contributed by atoms with Crippen molar-refractivity contribution < 1.29 is 14.4 Å². The van der Waals surface area contributed by atoms with Crippen molar-refractivity contribution in [1.82, 2.24) is 0 Å². The van der Waals surface area contributed by atoms with Gasteiger partial charge < -0.3 is 9.74 Å². The number of nitrogens with zero attached hydrogens (tertiary/aromatic N) is 2. The summed E-state index contributed by atoms with van der Waals surface area (Å²) in [6.45, 7) is 0.165. The Hall–Kier alpha value is -3.41. The molecule has 152 valence electrons. The Labute approximate surface area is 188 Å². The van der Waals surface area contributed by atoms with Gasteiger partial charge in [0.15, 0.2) is 0 Å². The molecule has 2 heterocycles. The van der Waals surface area contributed by atoms with Gasteiger partial charge in [-0.2, -0.15) is 0 Å². The van der Waals surface area contributed by atoms with Gasteiger partial charge in [-0.25, -0.2) is 4.79 Å². The number of benzene rings is 3. The molecule has 0 atom stereocenters. The molecule has 0 bridgehead atoms. The Bertz CT molecular complexity index is 1280. The molecule has 0 saturated carbocycles. The molecule has 0 radical (unpaired) electrons. The first-order valence-corrected chi connectivity index (χ1v) is 10.3. The molecular formula is C24H14Cl2N2O3. The molecule has 0 spiro atoms. The van der Waals surface area contributed by atoms with Crippen LogP contribution in [0.15, 0.2) is 83.5 Å². The van der Waals surface area contributed by atoms with E-state index in [-0.39, 0.29) is 23.6 Å². The van der Waals surface area contributed by atoms with E-state index in [1.807, 2.05) is 48.5 Å². The van der Waals surface area contributed by atoms with Crippen LogP contribution in [-0.2, 0) is 21.0 Å². The number of hydrogen-bond donors (Lipinski definition) is 0. The average molecular weight is 449 g/mol. The fourth-order valence-electron chi connectivity index (χ4n) is 3.81. The fourth-order valence-corrected chi connectivity index (χ4v) is 4.33. The van der Waals surface area contributed by atoms with Crippen LogP contribution in [0.2, 0.25) is 10.0 Å². The Morgan fingerprint density at radius 2 is 1.48 bits per heavy atom. The monoisotopic (exact) mass is 448 g/mol. The number of halogens is 2. The van der Waals surface area contributed by atoms with Crippen molar-refractivity contribution in [1.29, 1.82) is 0 Å². The maximum Gasteiger partial charge on any atom is 0.368 e. The van der Waals surface area contributed by atoms with Crippen LogP contribution < -0.4 is 4.90 Å². The zero-order valence-corrected chi connectivity index (χ0v) is 17.5. The SMILES string of the molecule is O=C1ON=C(c2ccccc2)/C1=C1/C(=O)N(Cc2c(Cl)cccc2Cl)c2ccccc21. The van der Waals surface area contributed by atoms with Gasteiger partial charge in [0.2, 0.25) is 0 Å². The van der Waals surface area contributed by atoms with Gasteiger partial charge in [0.25, 0.3) is 5.91 Å². The molecule has 0 fully saturated rings. The van der Waals surface area contributed by atoms with E-state index in [1.54, 1.807) is 29.2 Å². The van der Waals surface area contributed by atoms with E-state index in [0.29, 0.717) is 38.1 Å². The molecule has 7 heteroatoms. The van der Waals surface area contributed by atoms with Crippen LogP contribution in [0.5, 0.6) is 0 Å². The van der Waals surface area contributed by atoms with Gasteiger partial charge in [0.05, 0.1) is 17.8 Å². The lowest BCUT2D eigenvalue weighted by molar-refractivity contribution is -0.137. The number of carbonyl (C=O) groups is 2. The van der Waals surface area contributed by atoms with Gasteiger partial charge in [-0.15, -0.1) is 0 Å². The van der Waals surface area contributed by atoms with Gasteiger partial charge in [0.1, 0.15) is 11.3 Å². The van der Waals surface area contributed by atoms with Crippen LogP contribution in [0.25, 0.3) is 5.57 Å². The number of amides is 1. The van der Waals surface area contributed by atoms with Gasteiger partial charge in [0, 0.05) is 26.7 Å². The normalized spacial score (nSPS) is 17.6. The first kappa shape index (κ1) is 19.5. The van der Waals surface area contributed by atoms with Crippen LogP contribution in [0.4, 0.5) is 5.69 Å². The van der Waals surface area contributed by atoms with E-state index < -0.39 is 5.97 Å². The predicted molar refractivity (Wildman–Crippen MR) is 120 cm³/mol. The molecule has 0 aliphatic carbocycles. The summed E-state index contributed by atoms with van der Waals surface area (Å²) in [5.41, 5.74) is 3.35. The highest BCUT2D eigenvalue weighted by molar-refractivity contribution is 6.45. The lowest BCUT2D eigenvalue weighted by atomic mass is 9.94. The van der Waals surface area contributed by atoms with Crippen molar-refractivity contribution in [3.8, 4) is 0 Å². The Balaban J connectivity index is 1.67. The van der Waals surface area contributed by atoms with Crippen LogP contribution in [0, 0.1) is 0 Å². The second kappa shape index (κ2) is 7.69. The molecule has 1 amide bonds. The molecule has 0 N–H and O–H groups in total. The van der Waals surface area contributed by atoms with Gasteiger partial charge in [-0.05, 0) is 18.2 Å². The fraction of sp³-hybridized carbons (Fsp3) is 0.0417. The molecule has 3 aromatic rings. The summed E-state index contributed by atoms with van der Waals surface area (Å²) in [4.78, 5) is 32.8. The van der Waals surface area contributed by atoms with Crippen molar-refractivity contribution in [2.75, 3.05) is 4.90 Å². The third-order valence-electron chi connectivity index (χ3n) is 5.26. The zero-order valence-electron chi connectivity index (χ0n) is 16.0. The molecule has 31 heavy (non-hydrogen) atoms. The molecule has 2 aliphatic heterocycles. The minimum absolute atomic E-state index is 0.149. The number of oxime groups is 1. The molecule has 5 nitrogen and oxygen atoms in total. The van der Waals surface area contributed by atoms with E-state index in [2.05, 4.69) is 5.16 Å². The lowest BCUT2D eigenvalue weighted by Gasteiger charge is -2.19. The third-order valence-corrected chi connectivity index (χ3v) is 5.97. The van der Waals surface area contributed by atoms with Crippen molar-refractivity contribution in [2.24, 2.45) is 5.16 Å². The average Bonchev–Trinajstić information content (AvgIpc) is 3.28. The Kier molecular flexibility index (Phi) is 4.85. The number of anilines is 1. The zero-order chi connectivity index (χ0) is 21.5. The van der Waals surface area contributed by atoms with Crippen molar-refractivity contribution in [3.63, 3.8) is 0 Å². The lowest BCUT2D eigenvalue weighted by Crippen LogP contribution is -2.27. The minimum Gasteiger partial charge on any atom is -0.312 e. The van der Waals surface area contributed by atoms with E-state index in [0.717, 1.165) is 0 Å². The van der Waals surface area contributed by atoms with Crippen molar-refractivity contribution in [3.05, 3.63) is 105 Å². The molecule has 0 unspecified atom stereocenters. The topological polar surface area (TPSA) is 59.0 Å². The van der Waals surface area contributed by atoms with Crippen molar-refractivity contribution >= 4 is 52.1 Å². The number of carbonyl (C=O) groups excluding carboxylic acids is 2. The van der Waals surface area contributed by atoms with Crippen LogP contribution in [0.1, 0.15) is 16.7 Å². The quantitative estimate of drug-likeness (QED) is 0.405. The molecule has 3 aromatic carbocycles. The maximum absolute atomic E-state index is 13.6.